The number of nitrogens with one attached hydrogen (secondary N) is 3. The van der Waals surface area contributed by atoms with E-state index in [0.717, 1.165) is 17.4 Å². The maximum atomic E-state index is 13.9. The second kappa shape index (κ2) is 16.1. The Morgan fingerprint density at radius 1 is 0.959 bits per heavy atom. The number of rotatable bonds is 12. The number of fused-ring (bicyclic) bond motifs is 1. The van der Waals surface area contributed by atoms with Crippen LogP contribution in [0.25, 0.3) is 10.9 Å². The van der Waals surface area contributed by atoms with Crippen LogP contribution in [-0.2, 0) is 16.0 Å². The summed E-state index contributed by atoms with van der Waals surface area (Å²) in [6.07, 6.45) is 5.21. The summed E-state index contributed by atoms with van der Waals surface area (Å²) in [5.74, 6) is -1.10. The first-order valence-corrected chi connectivity index (χ1v) is 18.8. The van der Waals surface area contributed by atoms with Gasteiger partial charge in [0, 0.05) is 24.0 Å². The van der Waals surface area contributed by atoms with Crippen LogP contribution < -0.4 is 16.0 Å². The van der Waals surface area contributed by atoms with Crippen LogP contribution in [0, 0.1) is 5.92 Å². The lowest BCUT2D eigenvalue weighted by atomic mass is 9.95. The van der Waals surface area contributed by atoms with E-state index >= 15 is 0 Å². The number of benzene rings is 2. The Bertz CT molecular complexity index is 1660. The zero-order chi connectivity index (χ0) is 35.1. The molecule has 9 nitrogen and oxygen atoms in total. The standard InChI is InChI=1S/C39H51N5O4S/c1-26(2)35(42-36(46)31-18-17-28-15-9-10-16-30(28)40-31)38(48)41-32(23-27-13-7-6-8-14-27)34(45)25-44-20-19-29(49-21-11-12-22-49)24-33(44)37(47)43-39(3,4)5/h6-18,21-22,26,29,32-35,45,49H,19-20,23-25H2,1-5H3,(H,41,48)(H,42,46)(H,43,47)/t29?,32?,33-,34?,35-/m0/s1. The van der Waals surface area contributed by atoms with Crippen LogP contribution >= 0.6 is 10.9 Å². The lowest BCUT2D eigenvalue weighted by Crippen LogP contribution is -2.60. The number of thiol groups is 1. The highest BCUT2D eigenvalue weighted by atomic mass is 32.2. The second-order valence-corrected chi connectivity index (χ2v) is 16.7. The maximum absolute atomic E-state index is 13.9. The largest absolute Gasteiger partial charge is 0.390 e. The van der Waals surface area contributed by atoms with Crippen molar-refractivity contribution in [2.75, 3.05) is 13.1 Å². The Labute approximate surface area is 293 Å². The van der Waals surface area contributed by atoms with Crippen molar-refractivity contribution in [3.63, 3.8) is 0 Å². The number of allylic oxidation sites excluding steroid dienone is 2. The number of hydrogen-bond acceptors (Lipinski definition) is 6. The third-order valence-corrected chi connectivity index (χ3v) is 11.5. The molecule has 5 atom stereocenters. The Balaban J connectivity index is 1.33. The van der Waals surface area contributed by atoms with Crippen LogP contribution in [0.3, 0.4) is 0 Å². The predicted octanol–water partition coefficient (Wildman–Crippen LogP) is 4.87. The van der Waals surface area contributed by atoms with Gasteiger partial charge in [-0.3, -0.25) is 19.3 Å². The molecule has 2 aliphatic rings. The van der Waals surface area contributed by atoms with Gasteiger partial charge >= 0.3 is 0 Å². The summed E-state index contributed by atoms with van der Waals surface area (Å²) >= 11 is 0. The number of pyridine rings is 1. The molecule has 0 aliphatic carbocycles. The summed E-state index contributed by atoms with van der Waals surface area (Å²) in [4.78, 5) is 47.5. The number of amides is 3. The van der Waals surface area contributed by atoms with Crippen LogP contribution in [0.15, 0.2) is 89.7 Å². The van der Waals surface area contributed by atoms with Crippen molar-refractivity contribution in [3.8, 4) is 0 Å². The van der Waals surface area contributed by atoms with Crippen LogP contribution in [0.1, 0.15) is 63.5 Å². The number of para-hydroxylation sites is 1. The highest BCUT2D eigenvalue weighted by Gasteiger charge is 2.38. The molecule has 1 aromatic heterocycles. The molecule has 2 aromatic carbocycles. The third-order valence-electron chi connectivity index (χ3n) is 9.11. The topological polar surface area (TPSA) is 124 Å². The van der Waals surface area contributed by atoms with E-state index in [4.69, 9.17) is 0 Å². The maximum Gasteiger partial charge on any atom is 0.270 e. The average molecular weight is 686 g/mol. The summed E-state index contributed by atoms with van der Waals surface area (Å²) in [5.41, 5.74) is 1.49. The van der Waals surface area contributed by atoms with Gasteiger partial charge in [-0.05, 0) is 79.7 Å². The number of carbonyl (C=O) groups is 3. The minimum absolute atomic E-state index is 0.0416. The van der Waals surface area contributed by atoms with E-state index < -0.39 is 46.6 Å². The van der Waals surface area contributed by atoms with Gasteiger partial charge in [0.25, 0.3) is 5.91 Å². The van der Waals surface area contributed by atoms with Crippen LogP contribution in [0.2, 0.25) is 0 Å². The van der Waals surface area contributed by atoms with Gasteiger partial charge in [0.2, 0.25) is 11.8 Å². The summed E-state index contributed by atoms with van der Waals surface area (Å²) in [7, 11) is -0.418. The molecule has 0 bridgehead atoms. The molecule has 0 radical (unpaired) electrons. The first-order valence-electron chi connectivity index (χ1n) is 17.3. The molecule has 0 spiro atoms. The van der Waals surface area contributed by atoms with Crippen LogP contribution in [-0.4, -0.2) is 80.8 Å². The Morgan fingerprint density at radius 3 is 2.35 bits per heavy atom. The fraction of sp³-hybridized carbons (Fsp3) is 0.436. The fourth-order valence-electron chi connectivity index (χ4n) is 6.54. The van der Waals surface area contributed by atoms with Crippen molar-refractivity contribution in [2.45, 2.75) is 88.9 Å². The molecule has 3 heterocycles. The average Bonchev–Trinajstić information content (AvgIpc) is 3.61. The van der Waals surface area contributed by atoms with Gasteiger partial charge in [-0.25, -0.2) is 15.9 Å². The van der Waals surface area contributed by atoms with E-state index in [9.17, 15) is 19.5 Å². The number of hydrogen-bond donors (Lipinski definition) is 5. The highest BCUT2D eigenvalue weighted by molar-refractivity contribution is 8.22. The number of aliphatic hydroxyl groups is 1. The number of piperidine rings is 1. The summed E-state index contributed by atoms with van der Waals surface area (Å²) in [6, 6.07) is 18.9. The number of aliphatic hydroxyl groups excluding tert-OH is 1. The summed E-state index contributed by atoms with van der Waals surface area (Å²) < 4.78 is 0. The van der Waals surface area contributed by atoms with Gasteiger partial charge < -0.3 is 21.1 Å². The lowest BCUT2D eigenvalue weighted by molar-refractivity contribution is -0.130. The zero-order valence-corrected chi connectivity index (χ0v) is 30.1. The molecule has 4 N–H and O–H groups in total. The van der Waals surface area contributed by atoms with E-state index in [1.54, 1.807) is 6.07 Å². The molecule has 1 saturated heterocycles. The molecule has 10 heteroatoms. The summed E-state index contributed by atoms with van der Waals surface area (Å²) in [5, 5.41) is 26.8. The molecule has 3 amide bonds. The van der Waals surface area contributed by atoms with Gasteiger partial charge in [0.1, 0.15) is 11.7 Å². The van der Waals surface area contributed by atoms with Crippen molar-refractivity contribution >= 4 is 39.5 Å². The number of β-amino-alcohol motifs (C(OH)–C–C–N with tert-alkyl or cyclic N) is 1. The molecule has 2 aliphatic heterocycles. The Kier molecular flexibility index (Phi) is 12.0. The minimum atomic E-state index is -0.978. The third kappa shape index (κ3) is 9.80. The lowest BCUT2D eigenvalue weighted by Gasteiger charge is -2.43. The van der Waals surface area contributed by atoms with Crippen molar-refractivity contribution in [1.29, 1.82) is 0 Å². The highest BCUT2D eigenvalue weighted by Crippen LogP contribution is 2.44. The quantitative estimate of drug-likeness (QED) is 0.174. The van der Waals surface area contributed by atoms with Gasteiger partial charge in [0.15, 0.2) is 0 Å². The van der Waals surface area contributed by atoms with Gasteiger partial charge in [0.05, 0.1) is 23.7 Å². The molecule has 1 fully saturated rings. The second-order valence-electron chi connectivity index (χ2n) is 14.5. The zero-order valence-electron chi connectivity index (χ0n) is 29.2. The molecular weight excluding hydrogens is 635 g/mol. The van der Waals surface area contributed by atoms with E-state index in [0.29, 0.717) is 30.2 Å². The Hall–Kier alpha value is -3.99. The monoisotopic (exact) mass is 685 g/mol. The van der Waals surface area contributed by atoms with Gasteiger partial charge in [-0.1, -0.05) is 80.6 Å². The minimum Gasteiger partial charge on any atom is -0.390 e. The number of nitrogens with zero attached hydrogens (tertiary/aromatic N) is 2. The number of aromatic nitrogens is 1. The molecule has 5 rings (SSSR count). The normalized spacial score (nSPS) is 20.6. The SMILES string of the molecule is CC(C)[C@H](NC(=O)c1ccc2ccccc2n1)C(=O)NC(Cc1ccccc1)C(O)CN1CCC([SH]2C=CC=C2)C[C@H]1C(=O)NC(C)(C)C. The first-order chi connectivity index (χ1) is 23.4. The van der Waals surface area contributed by atoms with E-state index in [-0.39, 0.29) is 30.0 Å². The van der Waals surface area contributed by atoms with Crippen molar-refractivity contribution < 1.29 is 19.5 Å². The van der Waals surface area contributed by atoms with Gasteiger partial charge in [-0.15, -0.1) is 0 Å². The van der Waals surface area contributed by atoms with Crippen LogP contribution in [0.5, 0.6) is 0 Å². The first kappa shape index (κ1) is 36.3. The molecule has 49 heavy (non-hydrogen) atoms. The smallest absolute Gasteiger partial charge is 0.270 e. The number of likely N-dealkylation sites (tertiary alicyclic amines) is 1. The van der Waals surface area contributed by atoms with Crippen LogP contribution in [0.4, 0.5) is 0 Å². The van der Waals surface area contributed by atoms with E-state index in [1.165, 1.54) is 0 Å². The number of carbonyl (C=O) groups excluding carboxylic acids is 3. The van der Waals surface area contributed by atoms with Gasteiger partial charge in [-0.2, -0.15) is 0 Å². The van der Waals surface area contributed by atoms with Crippen molar-refractivity contribution in [1.82, 2.24) is 25.8 Å². The fourth-order valence-corrected chi connectivity index (χ4v) is 8.57. The molecule has 262 valence electrons. The molecular formula is C39H51N5O4S. The van der Waals surface area contributed by atoms with Crippen molar-refractivity contribution in [2.24, 2.45) is 5.92 Å². The van der Waals surface area contributed by atoms with E-state index in [1.807, 2.05) is 95.3 Å². The Morgan fingerprint density at radius 2 is 1.65 bits per heavy atom. The van der Waals surface area contributed by atoms with Crippen molar-refractivity contribution in [3.05, 3.63) is 101 Å². The molecule has 3 unspecified atom stereocenters. The molecule has 3 aromatic rings. The van der Waals surface area contributed by atoms with E-state index in [2.05, 4.69) is 48.8 Å². The predicted molar refractivity (Wildman–Crippen MR) is 199 cm³/mol. The molecule has 0 saturated carbocycles. The summed E-state index contributed by atoms with van der Waals surface area (Å²) in [6.45, 7) is 10.6.